The molecule has 1 saturated heterocycles. The fourth-order valence-corrected chi connectivity index (χ4v) is 3.08. The van der Waals surface area contributed by atoms with Gasteiger partial charge in [0.1, 0.15) is 5.75 Å². The van der Waals surface area contributed by atoms with Gasteiger partial charge in [0.25, 0.3) is 0 Å². The van der Waals surface area contributed by atoms with Crippen LogP contribution >= 0.6 is 0 Å². The Hall–Kier alpha value is -1.59. The predicted molar refractivity (Wildman–Crippen MR) is 90.3 cm³/mol. The monoisotopic (exact) mass is 320 g/mol. The topological polar surface area (TPSA) is 53.0 Å². The molecule has 1 unspecified atom stereocenters. The second kappa shape index (κ2) is 8.31. The Bertz CT molecular complexity index is 511. The van der Waals surface area contributed by atoms with E-state index < -0.39 is 0 Å². The SMILES string of the molecule is COc1ccccc1CN(C)C(=O)CN1CCC(C(C)O)CC1. The van der Waals surface area contributed by atoms with Crippen molar-refractivity contribution in [3.05, 3.63) is 29.8 Å². The molecule has 0 aromatic heterocycles. The van der Waals surface area contributed by atoms with Crippen molar-refractivity contribution in [1.82, 2.24) is 9.80 Å². The van der Waals surface area contributed by atoms with E-state index >= 15 is 0 Å². The number of hydrogen-bond donors (Lipinski definition) is 1. The Balaban J connectivity index is 1.84. The van der Waals surface area contributed by atoms with Crippen LogP contribution in [0, 0.1) is 5.92 Å². The first-order chi connectivity index (χ1) is 11.0. The standard InChI is InChI=1S/C18H28N2O3/c1-14(21)15-8-10-20(11-9-15)13-18(22)19(2)12-16-6-4-5-7-17(16)23-3/h4-7,14-15,21H,8-13H2,1-3H3. The number of methoxy groups -OCH3 is 1. The number of carbonyl (C=O) groups excluding carboxylic acids is 1. The summed E-state index contributed by atoms with van der Waals surface area (Å²) < 4.78 is 5.34. The molecule has 0 spiro atoms. The van der Waals surface area contributed by atoms with E-state index in [-0.39, 0.29) is 12.0 Å². The lowest BCUT2D eigenvalue weighted by atomic mass is 9.92. The molecule has 1 aromatic carbocycles. The van der Waals surface area contributed by atoms with Crippen molar-refractivity contribution < 1.29 is 14.6 Å². The van der Waals surface area contributed by atoms with Crippen molar-refractivity contribution in [3.63, 3.8) is 0 Å². The van der Waals surface area contributed by atoms with Crippen molar-refractivity contribution in [2.24, 2.45) is 5.92 Å². The molecule has 1 N–H and O–H groups in total. The molecule has 1 aliphatic heterocycles. The van der Waals surface area contributed by atoms with E-state index in [4.69, 9.17) is 4.74 Å². The zero-order chi connectivity index (χ0) is 16.8. The molecular weight excluding hydrogens is 292 g/mol. The summed E-state index contributed by atoms with van der Waals surface area (Å²) in [6.45, 7) is 4.60. The van der Waals surface area contributed by atoms with E-state index in [9.17, 15) is 9.90 Å². The van der Waals surface area contributed by atoms with Gasteiger partial charge in [-0.3, -0.25) is 9.69 Å². The maximum Gasteiger partial charge on any atom is 0.236 e. The van der Waals surface area contributed by atoms with Crippen LogP contribution in [-0.2, 0) is 11.3 Å². The number of piperidine rings is 1. The maximum absolute atomic E-state index is 12.4. The average Bonchev–Trinajstić information content (AvgIpc) is 2.55. The quantitative estimate of drug-likeness (QED) is 0.867. The summed E-state index contributed by atoms with van der Waals surface area (Å²) in [6, 6.07) is 7.78. The first-order valence-electron chi connectivity index (χ1n) is 8.27. The first-order valence-corrected chi connectivity index (χ1v) is 8.27. The molecule has 1 aromatic rings. The van der Waals surface area contributed by atoms with Crippen molar-refractivity contribution in [3.8, 4) is 5.75 Å². The van der Waals surface area contributed by atoms with Crippen LogP contribution in [0.1, 0.15) is 25.3 Å². The van der Waals surface area contributed by atoms with Gasteiger partial charge in [-0.15, -0.1) is 0 Å². The predicted octanol–water partition coefficient (Wildman–Crippen LogP) is 1.75. The number of likely N-dealkylation sites (tertiary alicyclic amines) is 1. The normalized spacial score (nSPS) is 17.7. The molecule has 1 fully saturated rings. The molecule has 5 heteroatoms. The van der Waals surface area contributed by atoms with E-state index in [1.165, 1.54) is 0 Å². The number of benzene rings is 1. The smallest absolute Gasteiger partial charge is 0.236 e. The van der Waals surface area contributed by atoms with E-state index in [0.29, 0.717) is 19.0 Å². The number of hydrogen-bond acceptors (Lipinski definition) is 4. The fraction of sp³-hybridized carbons (Fsp3) is 0.611. The zero-order valence-electron chi connectivity index (χ0n) is 14.4. The van der Waals surface area contributed by atoms with Gasteiger partial charge >= 0.3 is 0 Å². The number of carbonyl (C=O) groups is 1. The third-order valence-corrected chi connectivity index (χ3v) is 4.70. The van der Waals surface area contributed by atoms with Crippen LogP contribution < -0.4 is 4.74 Å². The summed E-state index contributed by atoms with van der Waals surface area (Å²) in [6.07, 6.45) is 1.67. The van der Waals surface area contributed by atoms with Crippen LogP contribution in [0.2, 0.25) is 0 Å². The van der Waals surface area contributed by atoms with Crippen LogP contribution in [-0.4, -0.2) is 60.7 Å². The molecule has 1 aliphatic rings. The summed E-state index contributed by atoms with van der Waals surface area (Å²) in [7, 11) is 3.48. The second-order valence-corrected chi connectivity index (χ2v) is 6.42. The highest BCUT2D eigenvalue weighted by Crippen LogP contribution is 2.21. The number of ether oxygens (including phenoxy) is 1. The number of amides is 1. The van der Waals surface area contributed by atoms with Crippen LogP contribution in [0.5, 0.6) is 5.75 Å². The number of nitrogens with zero attached hydrogens (tertiary/aromatic N) is 2. The molecular formula is C18H28N2O3. The third kappa shape index (κ3) is 4.94. The van der Waals surface area contributed by atoms with Crippen LogP contribution in [0.4, 0.5) is 0 Å². The molecule has 0 bridgehead atoms. The molecule has 2 rings (SSSR count). The number of likely N-dealkylation sites (N-methyl/N-ethyl adjacent to an activating group) is 1. The first kappa shape index (κ1) is 17.8. The van der Waals surface area contributed by atoms with Gasteiger partial charge in [-0.25, -0.2) is 0 Å². The van der Waals surface area contributed by atoms with Gasteiger partial charge in [-0.05, 0) is 44.8 Å². The number of para-hydroxylation sites is 1. The largest absolute Gasteiger partial charge is 0.496 e. The minimum absolute atomic E-state index is 0.117. The summed E-state index contributed by atoms with van der Waals surface area (Å²) in [5.74, 6) is 1.30. The summed E-state index contributed by atoms with van der Waals surface area (Å²) in [5.41, 5.74) is 1.01. The molecule has 5 nitrogen and oxygen atoms in total. The lowest BCUT2D eigenvalue weighted by Crippen LogP contribution is -2.43. The lowest BCUT2D eigenvalue weighted by Gasteiger charge is -2.33. The molecule has 1 heterocycles. The van der Waals surface area contributed by atoms with E-state index in [0.717, 1.165) is 37.2 Å². The molecule has 1 amide bonds. The molecule has 1 atom stereocenters. The fourth-order valence-electron chi connectivity index (χ4n) is 3.08. The third-order valence-electron chi connectivity index (χ3n) is 4.70. The highest BCUT2D eigenvalue weighted by Gasteiger charge is 2.24. The van der Waals surface area contributed by atoms with Gasteiger partial charge in [0, 0.05) is 19.2 Å². The van der Waals surface area contributed by atoms with Crippen LogP contribution in [0.25, 0.3) is 0 Å². The van der Waals surface area contributed by atoms with E-state index in [1.807, 2.05) is 38.2 Å². The van der Waals surface area contributed by atoms with Gasteiger partial charge in [0.15, 0.2) is 0 Å². The van der Waals surface area contributed by atoms with Crippen molar-refractivity contribution in [2.75, 3.05) is 33.8 Å². The minimum Gasteiger partial charge on any atom is -0.496 e. The number of aliphatic hydroxyl groups excluding tert-OH is 1. The molecule has 0 radical (unpaired) electrons. The number of aliphatic hydroxyl groups is 1. The summed E-state index contributed by atoms with van der Waals surface area (Å²) in [5, 5.41) is 9.64. The Kier molecular flexibility index (Phi) is 6.42. The van der Waals surface area contributed by atoms with Gasteiger partial charge in [-0.1, -0.05) is 18.2 Å². The Morgan fingerprint density at radius 1 is 1.39 bits per heavy atom. The molecule has 128 valence electrons. The lowest BCUT2D eigenvalue weighted by molar-refractivity contribution is -0.132. The average molecular weight is 320 g/mol. The summed E-state index contributed by atoms with van der Waals surface area (Å²) in [4.78, 5) is 16.4. The van der Waals surface area contributed by atoms with Gasteiger partial charge < -0.3 is 14.7 Å². The van der Waals surface area contributed by atoms with Crippen LogP contribution in [0.3, 0.4) is 0 Å². The number of rotatable bonds is 6. The van der Waals surface area contributed by atoms with Crippen molar-refractivity contribution >= 4 is 5.91 Å². The molecule has 0 saturated carbocycles. The zero-order valence-corrected chi connectivity index (χ0v) is 14.4. The van der Waals surface area contributed by atoms with E-state index in [2.05, 4.69) is 4.90 Å². The highest BCUT2D eigenvalue weighted by atomic mass is 16.5. The van der Waals surface area contributed by atoms with Crippen molar-refractivity contribution in [2.45, 2.75) is 32.4 Å². The maximum atomic E-state index is 12.4. The Morgan fingerprint density at radius 2 is 2.04 bits per heavy atom. The van der Waals surface area contributed by atoms with Gasteiger partial charge in [0.2, 0.25) is 5.91 Å². The highest BCUT2D eigenvalue weighted by molar-refractivity contribution is 5.78. The van der Waals surface area contributed by atoms with Crippen LogP contribution in [0.15, 0.2) is 24.3 Å². The Labute approximate surface area is 138 Å². The summed E-state index contributed by atoms with van der Waals surface area (Å²) >= 11 is 0. The Morgan fingerprint density at radius 3 is 2.65 bits per heavy atom. The van der Waals surface area contributed by atoms with Gasteiger partial charge in [0.05, 0.1) is 19.8 Å². The van der Waals surface area contributed by atoms with Gasteiger partial charge in [-0.2, -0.15) is 0 Å². The van der Waals surface area contributed by atoms with Crippen molar-refractivity contribution in [1.29, 1.82) is 0 Å². The second-order valence-electron chi connectivity index (χ2n) is 6.42. The minimum atomic E-state index is -0.249. The molecule has 23 heavy (non-hydrogen) atoms. The van der Waals surface area contributed by atoms with E-state index in [1.54, 1.807) is 12.0 Å². The molecule has 0 aliphatic carbocycles.